The highest BCUT2D eigenvalue weighted by Gasteiger charge is 2.55. The third-order valence-electron chi connectivity index (χ3n) is 9.17. The van der Waals surface area contributed by atoms with Gasteiger partial charge in [0, 0.05) is 12.8 Å². The van der Waals surface area contributed by atoms with Crippen LogP contribution in [0.4, 0.5) is 0 Å². The molecule has 0 spiro atoms. The van der Waals surface area contributed by atoms with Gasteiger partial charge in [0.05, 0.1) is 13.2 Å². The van der Waals surface area contributed by atoms with Crippen LogP contribution in [0.3, 0.4) is 0 Å². The smallest absolute Gasteiger partial charge is 0.473 e. The van der Waals surface area contributed by atoms with Crippen LogP contribution in [-0.2, 0) is 28.0 Å². The molecule has 1 unspecified atom stereocenters. The summed E-state index contributed by atoms with van der Waals surface area (Å²) < 4.78 is 22.9. The molecule has 0 radical (unpaired) electrons. The van der Waals surface area contributed by atoms with Crippen molar-refractivity contribution in [2.45, 2.75) is 186 Å². The predicted molar refractivity (Wildman–Crippen MR) is 217 cm³/mol. The van der Waals surface area contributed by atoms with Crippen LogP contribution in [-0.4, -0.2) is 68.7 Å². The SMILES string of the molecule is CCCCCC=CCC=CCCCCCCCC(=O)C(OP(=O)(O)OC[C@H](N)C(=O)O)(C(=O)CCCCCCCC=CCC=CCCCCC)[C@@H](O)CO. The molecule has 3 atom stereocenters. The summed E-state index contributed by atoms with van der Waals surface area (Å²) in [4.78, 5) is 48.9. The van der Waals surface area contributed by atoms with Crippen LogP contribution in [0.15, 0.2) is 48.6 Å². The normalized spacial score (nSPS) is 15.7. The van der Waals surface area contributed by atoms with E-state index in [9.17, 15) is 34.1 Å². The van der Waals surface area contributed by atoms with E-state index < -0.39 is 56.3 Å². The summed E-state index contributed by atoms with van der Waals surface area (Å²) in [6, 6.07) is -1.68. The van der Waals surface area contributed by atoms with Gasteiger partial charge in [-0.1, -0.05) is 127 Å². The van der Waals surface area contributed by atoms with Crippen LogP contribution in [0.1, 0.15) is 168 Å². The number of phosphoric ester groups is 1. The Hall–Kier alpha value is -2.24. The Morgan fingerprint density at radius 1 is 0.648 bits per heavy atom. The molecule has 0 saturated carbocycles. The average Bonchev–Trinajstić information content (AvgIpc) is 3.15. The van der Waals surface area contributed by atoms with Crippen molar-refractivity contribution in [3.05, 3.63) is 48.6 Å². The number of aliphatic hydroxyl groups excluding tert-OH is 2. The zero-order chi connectivity index (χ0) is 40.3. The Morgan fingerprint density at radius 3 is 1.39 bits per heavy atom. The molecule has 0 aliphatic carbocycles. The number of nitrogens with two attached hydrogens (primary N) is 1. The molecule has 11 nitrogen and oxygen atoms in total. The minimum atomic E-state index is -5.31. The van der Waals surface area contributed by atoms with Crippen molar-refractivity contribution in [3.8, 4) is 0 Å². The van der Waals surface area contributed by atoms with Crippen LogP contribution < -0.4 is 5.73 Å². The number of Topliss-reactive ketones (excluding diaryl/α,β-unsaturated/α-hetero) is 2. The van der Waals surface area contributed by atoms with E-state index in [0.29, 0.717) is 25.7 Å². The van der Waals surface area contributed by atoms with Gasteiger partial charge in [0.1, 0.15) is 12.1 Å². The molecule has 0 bridgehead atoms. The molecule has 312 valence electrons. The molecule has 0 heterocycles. The quantitative estimate of drug-likeness (QED) is 0.0173. The second-order valence-electron chi connectivity index (χ2n) is 14.0. The summed E-state index contributed by atoms with van der Waals surface area (Å²) in [5.41, 5.74) is 2.52. The van der Waals surface area contributed by atoms with Gasteiger partial charge in [-0.05, 0) is 77.0 Å². The fourth-order valence-corrected chi connectivity index (χ4v) is 6.93. The highest BCUT2D eigenvalue weighted by molar-refractivity contribution is 7.47. The fraction of sp³-hybridized carbons (Fsp3) is 0.738. The minimum absolute atomic E-state index is 0.246. The number of ketones is 2. The highest BCUT2D eigenvalue weighted by Crippen LogP contribution is 2.49. The summed E-state index contributed by atoms with van der Waals surface area (Å²) >= 11 is 0. The number of allylic oxidation sites excluding steroid dienone is 8. The molecule has 0 amide bonds. The Balaban J connectivity index is 5.12. The van der Waals surface area contributed by atoms with Gasteiger partial charge in [-0.2, -0.15) is 0 Å². The first-order valence-corrected chi connectivity index (χ1v) is 22.1. The fourth-order valence-electron chi connectivity index (χ4n) is 5.84. The summed E-state index contributed by atoms with van der Waals surface area (Å²) in [5.74, 6) is -3.39. The number of carbonyl (C=O) groups is 3. The first-order chi connectivity index (χ1) is 26.0. The van der Waals surface area contributed by atoms with Crippen LogP contribution in [0, 0.1) is 0 Å². The van der Waals surface area contributed by atoms with Crippen molar-refractivity contribution in [1.29, 1.82) is 0 Å². The third kappa shape index (κ3) is 25.8. The van der Waals surface area contributed by atoms with Crippen molar-refractivity contribution >= 4 is 25.4 Å². The van der Waals surface area contributed by atoms with Gasteiger partial charge in [-0.15, -0.1) is 0 Å². The first kappa shape index (κ1) is 51.8. The molecule has 0 saturated heterocycles. The molecule has 12 heteroatoms. The van der Waals surface area contributed by atoms with E-state index in [1.165, 1.54) is 38.5 Å². The van der Waals surface area contributed by atoms with Gasteiger partial charge >= 0.3 is 13.8 Å². The molecular weight excluding hydrogens is 709 g/mol. The number of rotatable bonds is 38. The number of phosphoric acid groups is 1. The number of aliphatic carboxylic acids is 1. The van der Waals surface area contributed by atoms with E-state index in [4.69, 9.17) is 19.9 Å². The minimum Gasteiger partial charge on any atom is -0.480 e. The summed E-state index contributed by atoms with van der Waals surface area (Å²) in [6.45, 7) is 2.34. The third-order valence-corrected chi connectivity index (χ3v) is 10.2. The molecular formula is C42H74NO10P. The Bertz CT molecular complexity index is 1090. The van der Waals surface area contributed by atoms with Gasteiger partial charge in [0.25, 0.3) is 0 Å². The monoisotopic (exact) mass is 784 g/mol. The van der Waals surface area contributed by atoms with Gasteiger partial charge in [0.15, 0.2) is 11.6 Å². The molecule has 0 aromatic rings. The van der Waals surface area contributed by atoms with Crippen molar-refractivity contribution in [2.75, 3.05) is 13.2 Å². The average molecular weight is 784 g/mol. The lowest BCUT2D eigenvalue weighted by Crippen LogP contribution is -2.58. The summed E-state index contributed by atoms with van der Waals surface area (Å²) in [5, 5.41) is 29.8. The number of hydrogen-bond acceptors (Lipinski definition) is 9. The van der Waals surface area contributed by atoms with Gasteiger partial charge < -0.3 is 25.9 Å². The van der Waals surface area contributed by atoms with Gasteiger partial charge in [-0.25, -0.2) is 4.57 Å². The Labute approximate surface area is 326 Å². The second-order valence-corrected chi connectivity index (χ2v) is 15.4. The largest absolute Gasteiger partial charge is 0.480 e. The van der Waals surface area contributed by atoms with E-state index in [1.807, 2.05) is 0 Å². The number of unbranched alkanes of at least 4 members (excludes halogenated alkanes) is 16. The maximum Gasteiger partial charge on any atom is 0.473 e. The van der Waals surface area contributed by atoms with Crippen LogP contribution in [0.25, 0.3) is 0 Å². The lowest BCUT2D eigenvalue weighted by Gasteiger charge is -2.35. The predicted octanol–water partition coefficient (Wildman–Crippen LogP) is 9.39. The molecule has 0 aromatic carbocycles. The van der Waals surface area contributed by atoms with Crippen LogP contribution in [0.2, 0.25) is 0 Å². The van der Waals surface area contributed by atoms with Crippen LogP contribution >= 0.6 is 7.82 Å². The van der Waals surface area contributed by atoms with E-state index in [-0.39, 0.29) is 12.8 Å². The number of aliphatic hydroxyl groups is 2. The van der Waals surface area contributed by atoms with Crippen LogP contribution in [0.5, 0.6) is 0 Å². The number of hydrogen-bond donors (Lipinski definition) is 5. The number of carboxylic acids is 1. The molecule has 0 fully saturated rings. The molecule has 0 aromatic heterocycles. The maximum atomic E-state index is 13.7. The Kier molecular flexibility index (Phi) is 32.6. The second kappa shape index (κ2) is 34.0. The molecule has 6 N–H and O–H groups in total. The lowest BCUT2D eigenvalue weighted by atomic mass is 9.82. The Morgan fingerprint density at radius 2 is 1.02 bits per heavy atom. The lowest BCUT2D eigenvalue weighted by molar-refractivity contribution is -0.165. The van der Waals surface area contributed by atoms with Crippen molar-refractivity contribution in [3.63, 3.8) is 0 Å². The number of carboxylic acid groups (broad SMARTS) is 1. The topological polar surface area (TPSA) is 194 Å². The van der Waals surface area contributed by atoms with Crippen molar-refractivity contribution < 1.29 is 48.2 Å². The van der Waals surface area contributed by atoms with E-state index >= 15 is 0 Å². The van der Waals surface area contributed by atoms with Gasteiger partial charge in [0.2, 0.25) is 5.60 Å². The van der Waals surface area contributed by atoms with E-state index in [0.717, 1.165) is 77.0 Å². The molecule has 0 aliphatic heterocycles. The molecule has 54 heavy (non-hydrogen) atoms. The maximum absolute atomic E-state index is 13.7. The summed E-state index contributed by atoms with van der Waals surface area (Å²) in [7, 11) is -5.31. The van der Waals surface area contributed by atoms with Crippen molar-refractivity contribution in [2.24, 2.45) is 5.73 Å². The van der Waals surface area contributed by atoms with Gasteiger partial charge in [-0.3, -0.25) is 23.4 Å². The standard InChI is InChI=1S/C42H74NO10P/c1-3-5-7-9-11-13-15-17-19-21-23-25-27-29-31-33-38(45)42(40(47)35-44,53-54(50,51)52-36-37(43)41(48)49)39(46)34-32-30-28-26-24-22-20-18-16-14-12-10-8-6-4-2/h11-14,17-20,37,40,44,47H,3-10,15-16,21-36,43H2,1-2H3,(H,48,49)(H,50,51)/t37-,40-,42?/m0/s1. The zero-order valence-electron chi connectivity index (χ0n) is 33.4. The molecule has 0 aliphatic rings. The summed E-state index contributed by atoms with van der Waals surface area (Å²) in [6.07, 6.45) is 35.7. The van der Waals surface area contributed by atoms with Crippen molar-refractivity contribution in [1.82, 2.24) is 0 Å². The molecule has 0 rings (SSSR count). The zero-order valence-corrected chi connectivity index (χ0v) is 34.3. The first-order valence-electron chi connectivity index (χ1n) is 20.6. The van der Waals surface area contributed by atoms with E-state index in [1.54, 1.807) is 0 Å². The van der Waals surface area contributed by atoms with E-state index in [2.05, 4.69) is 62.5 Å². The number of carbonyl (C=O) groups excluding carboxylic acids is 2. The highest BCUT2D eigenvalue weighted by atomic mass is 31.2.